The van der Waals surface area contributed by atoms with Gasteiger partial charge in [-0.05, 0) is 32.3 Å². The van der Waals surface area contributed by atoms with Gasteiger partial charge in [0.1, 0.15) is 5.76 Å². The molecule has 1 aliphatic rings. The molecule has 122 valence electrons. The highest BCUT2D eigenvalue weighted by molar-refractivity contribution is 5.99. The van der Waals surface area contributed by atoms with Crippen molar-refractivity contribution in [3.63, 3.8) is 0 Å². The van der Waals surface area contributed by atoms with E-state index in [0.29, 0.717) is 35.9 Å². The van der Waals surface area contributed by atoms with Gasteiger partial charge in [-0.2, -0.15) is 0 Å². The van der Waals surface area contributed by atoms with Crippen LogP contribution in [0.15, 0.2) is 16.7 Å². The monoisotopic (exact) mass is 316 g/mol. The molecule has 2 aromatic rings. The van der Waals surface area contributed by atoms with E-state index < -0.39 is 0 Å². The summed E-state index contributed by atoms with van der Waals surface area (Å²) in [7, 11) is 0. The van der Waals surface area contributed by atoms with Crippen molar-refractivity contribution in [1.82, 2.24) is 9.72 Å². The first-order valence-corrected chi connectivity index (χ1v) is 7.85. The Bertz CT molecular complexity index is 757. The molecule has 0 aliphatic heterocycles. The fourth-order valence-corrected chi connectivity index (χ4v) is 3.11. The summed E-state index contributed by atoms with van der Waals surface area (Å²) in [5.41, 5.74) is 2.30. The van der Waals surface area contributed by atoms with Crippen LogP contribution in [-0.2, 0) is 22.4 Å². The smallest absolute Gasteiger partial charge is 0.311 e. The second kappa shape index (κ2) is 6.02. The lowest BCUT2D eigenvalue weighted by Crippen LogP contribution is -2.20. The van der Waals surface area contributed by atoms with Crippen molar-refractivity contribution in [2.75, 3.05) is 6.61 Å². The highest BCUT2D eigenvalue weighted by Gasteiger charge is 2.29. The van der Waals surface area contributed by atoms with Crippen molar-refractivity contribution >= 4 is 11.8 Å². The van der Waals surface area contributed by atoms with Crippen molar-refractivity contribution in [1.29, 1.82) is 0 Å². The number of carbonyl (C=O) groups is 2. The second-order valence-electron chi connectivity index (χ2n) is 6.05. The van der Waals surface area contributed by atoms with Gasteiger partial charge < -0.3 is 9.26 Å². The van der Waals surface area contributed by atoms with E-state index in [0.717, 1.165) is 12.1 Å². The van der Waals surface area contributed by atoms with E-state index in [2.05, 4.69) is 12.1 Å². The average Bonchev–Trinajstić information content (AvgIpc) is 3.02. The first-order chi connectivity index (χ1) is 11.0. The van der Waals surface area contributed by atoms with Gasteiger partial charge in [-0.25, -0.2) is 0 Å². The van der Waals surface area contributed by atoms with E-state index in [-0.39, 0.29) is 24.1 Å². The van der Waals surface area contributed by atoms with Gasteiger partial charge >= 0.3 is 5.97 Å². The van der Waals surface area contributed by atoms with Crippen LogP contribution in [0.25, 0.3) is 5.82 Å². The Morgan fingerprint density at radius 2 is 2.22 bits per heavy atom. The zero-order valence-electron chi connectivity index (χ0n) is 13.6. The highest BCUT2D eigenvalue weighted by atomic mass is 16.5. The molecule has 0 N–H and O–H groups in total. The molecule has 23 heavy (non-hydrogen) atoms. The summed E-state index contributed by atoms with van der Waals surface area (Å²) in [6.07, 6.45) is 1.41. The van der Waals surface area contributed by atoms with Gasteiger partial charge in [-0.1, -0.05) is 12.1 Å². The number of carbonyl (C=O) groups excluding carboxylic acids is 2. The van der Waals surface area contributed by atoms with Crippen LogP contribution in [-0.4, -0.2) is 28.1 Å². The fourth-order valence-electron chi connectivity index (χ4n) is 3.11. The zero-order chi connectivity index (χ0) is 16.6. The summed E-state index contributed by atoms with van der Waals surface area (Å²) in [6.45, 7) is 5.97. The molecule has 1 aliphatic carbocycles. The molecule has 6 heteroatoms. The summed E-state index contributed by atoms with van der Waals surface area (Å²) in [5.74, 6) is 1.35. The standard InChI is InChI=1S/C17H20N2O4/c1-4-22-17(21)9-12-8-13-14(5-10(2)6-15(13)20)19(12)16-7-11(3)23-18-16/h7-8,10H,4-6,9H2,1-3H3. The molecule has 3 rings (SSSR count). The molecule has 2 aromatic heterocycles. The maximum Gasteiger partial charge on any atom is 0.311 e. The third kappa shape index (κ3) is 2.93. The van der Waals surface area contributed by atoms with Gasteiger partial charge in [-0.3, -0.25) is 14.2 Å². The van der Waals surface area contributed by atoms with Crippen LogP contribution in [0.4, 0.5) is 0 Å². The predicted octanol–water partition coefficient (Wildman–Crippen LogP) is 2.64. The van der Waals surface area contributed by atoms with Crippen LogP contribution in [0.1, 0.15) is 47.8 Å². The largest absolute Gasteiger partial charge is 0.466 e. The Morgan fingerprint density at radius 1 is 1.43 bits per heavy atom. The molecule has 2 heterocycles. The van der Waals surface area contributed by atoms with E-state index in [9.17, 15) is 9.59 Å². The van der Waals surface area contributed by atoms with Crippen molar-refractivity contribution < 1.29 is 18.8 Å². The maximum absolute atomic E-state index is 12.3. The number of Topliss-reactive ketones (excluding diaryl/α,β-unsaturated/α-hetero) is 1. The van der Waals surface area contributed by atoms with E-state index >= 15 is 0 Å². The number of rotatable bonds is 4. The summed E-state index contributed by atoms with van der Waals surface area (Å²) in [5, 5.41) is 4.05. The number of ketones is 1. The van der Waals surface area contributed by atoms with Gasteiger partial charge in [0.25, 0.3) is 0 Å². The SMILES string of the molecule is CCOC(=O)Cc1cc2c(n1-c1cc(C)on1)CC(C)CC2=O. The van der Waals surface area contributed by atoms with Crippen LogP contribution in [0.5, 0.6) is 0 Å². The van der Waals surface area contributed by atoms with Crippen molar-refractivity contribution in [3.05, 3.63) is 34.8 Å². The van der Waals surface area contributed by atoms with Crippen LogP contribution in [0, 0.1) is 12.8 Å². The summed E-state index contributed by atoms with van der Waals surface area (Å²) in [6, 6.07) is 3.60. The lowest BCUT2D eigenvalue weighted by atomic mass is 9.88. The molecule has 1 unspecified atom stereocenters. The van der Waals surface area contributed by atoms with Gasteiger partial charge in [0.05, 0.1) is 13.0 Å². The minimum Gasteiger partial charge on any atom is -0.466 e. The fraction of sp³-hybridized carbons (Fsp3) is 0.471. The molecular formula is C17H20N2O4. The molecule has 1 atom stereocenters. The van der Waals surface area contributed by atoms with Crippen molar-refractivity contribution in [2.24, 2.45) is 5.92 Å². The Hall–Kier alpha value is -2.37. The van der Waals surface area contributed by atoms with Gasteiger partial charge in [0.15, 0.2) is 11.6 Å². The van der Waals surface area contributed by atoms with Crippen LogP contribution in [0.3, 0.4) is 0 Å². The second-order valence-corrected chi connectivity index (χ2v) is 6.05. The molecule has 0 radical (unpaired) electrons. The molecule has 0 bridgehead atoms. The number of nitrogens with zero attached hydrogens (tertiary/aromatic N) is 2. The van der Waals surface area contributed by atoms with Crippen LogP contribution < -0.4 is 0 Å². The first-order valence-electron chi connectivity index (χ1n) is 7.85. The van der Waals surface area contributed by atoms with Gasteiger partial charge in [0.2, 0.25) is 0 Å². The highest BCUT2D eigenvalue weighted by Crippen LogP contribution is 2.31. The third-order valence-corrected chi connectivity index (χ3v) is 4.03. The molecule has 0 spiro atoms. The van der Waals surface area contributed by atoms with Crippen molar-refractivity contribution in [2.45, 2.75) is 40.0 Å². The summed E-state index contributed by atoms with van der Waals surface area (Å²) >= 11 is 0. The average molecular weight is 316 g/mol. The number of esters is 1. The Labute approximate surface area is 134 Å². The quantitative estimate of drug-likeness (QED) is 0.811. The maximum atomic E-state index is 12.3. The normalized spacial score (nSPS) is 17.2. The lowest BCUT2D eigenvalue weighted by Gasteiger charge is -2.19. The molecule has 0 fully saturated rings. The number of fused-ring (bicyclic) bond motifs is 1. The minimum atomic E-state index is -0.315. The zero-order valence-corrected chi connectivity index (χ0v) is 13.6. The predicted molar refractivity (Wildman–Crippen MR) is 82.7 cm³/mol. The molecule has 0 saturated heterocycles. The number of hydrogen-bond acceptors (Lipinski definition) is 5. The van der Waals surface area contributed by atoms with E-state index in [4.69, 9.17) is 9.26 Å². The number of ether oxygens (including phenoxy) is 1. The molecule has 0 saturated carbocycles. The number of aryl methyl sites for hydroxylation is 1. The van der Waals surface area contributed by atoms with Crippen LogP contribution in [0.2, 0.25) is 0 Å². The minimum absolute atomic E-state index is 0.106. The first kappa shape index (κ1) is 15.5. The van der Waals surface area contributed by atoms with E-state index in [1.165, 1.54) is 0 Å². The van der Waals surface area contributed by atoms with Gasteiger partial charge in [0, 0.05) is 29.4 Å². The lowest BCUT2D eigenvalue weighted by molar-refractivity contribution is -0.142. The van der Waals surface area contributed by atoms with Crippen molar-refractivity contribution in [3.8, 4) is 5.82 Å². The van der Waals surface area contributed by atoms with Crippen LogP contribution >= 0.6 is 0 Å². The number of aromatic nitrogens is 2. The Morgan fingerprint density at radius 3 is 2.87 bits per heavy atom. The third-order valence-electron chi connectivity index (χ3n) is 4.03. The topological polar surface area (TPSA) is 74.3 Å². The molecule has 0 aromatic carbocycles. The summed E-state index contributed by atoms with van der Waals surface area (Å²) in [4.78, 5) is 24.2. The molecular weight excluding hydrogens is 296 g/mol. The number of hydrogen-bond donors (Lipinski definition) is 0. The Kier molecular flexibility index (Phi) is 4.07. The van der Waals surface area contributed by atoms with E-state index in [1.54, 1.807) is 19.1 Å². The summed E-state index contributed by atoms with van der Waals surface area (Å²) < 4.78 is 12.1. The van der Waals surface area contributed by atoms with Gasteiger partial charge in [-0.15, -0.1) is 0 Å². The molecule has 6 nitrogen and oxygen atoms in total. The molecule has 0 amide bonds. The Balaban J connectivity index is 2.09. The van der Waals surface area contributed by atoms with E-state index in [1.807, 2.05) is 11.5 Å².